The molecule has 0 aromatic heterocycles. The van der Waals surface area contributed by atoms with Crippen LogP contribution in [0.3, 0.4) is 0 Å². The molecule has 82 valence electrons. The van der Waals surface area contributed by atoms with E-state index in [-0.39, 0.29) is 5.41 Å². The second-order valence-electron chi connectivity index (χ2n) is 6.04. The number of carbonyl (C=O) groups excluding carboxylic acids is 1. The van der Waals surface area contributed by atoms with E-state index in [1.165, 1.54) is 31.3 Å². The van der Waals surface area contributed by atoms with Crippen LogP contribution in [0.5, 0.6) is 0 Å². The van der Waals surface area contributed by atoms with Gasteiger partial charge in [-0.05, 0) is 49.5 Å². The summed E-state index contributed by atoms with van der Waals surface area (Å²) in [4.78, 5) is 12.4. The van der Waals surface area contributed by atoms with Crippen molar-refractivity contribution in [3.05, 3.63) is 11.1 Å². The Kier molecular flexibility index (Phi) is 1.90. The summed E-state index contributed by atoms with van der Waals surface area (Å²) >= 11 is 0. The molecule has 3 aliphatic rings. The number of rotatable bonds is 0. The van der Waals surface area contributed by atoms with E-state index >= 15 is 0 Å². The van der Waals surface area contributed by atoms with Crippen LogP contribution in [0.15, 0.2) is 11.1 Å². The van der Waals surface area contributed by atoms with Gasteiger partial charge in [-0.3, -0.25) is 4.79 Å². The van der Waals surface area contributed by atoms with Gasteiger partial charge < -0.3 is 0 Å². The van der Waals surface area contributed by atoms with E-state index in [0.717, 1.165) is 18.8 Å². The summed E-state index contributed by atoms with van der Waals surface area (Å²) in [6, 6.07) is 0. The monoisotopic (exact) mass is 204 g/mol. The summed E-state index contributed by atoms with van der Waals surface area (Å²) in [7, 11) is 0. The molecule has 1 fully saturated rings. The Morgan fingerprint density at radius 1 is 1.27 bits per heavy atom. The van der Waals surface area contributed by atoms with Crippen LogP contribution in [0, 0.1) is 17.3 Å². The molecule has 0 aliphatic heterocycles. The molecule has 0 bridgehead atoms. The highest BCUT2D eigenvalue weighted by atomic mass is 16.1. The van der Waals surface area contributed by atoms with Crippen molar-refractivity contribution in [2.24, 2.45) is 17.3 Å². The van der Waals surface area contributed by atoms with Crippen molar-refractivity contribution in [3.63, 3.8) is 0 Å². The highest BCUT2D eigenvalue weighted by Crippen LogP contribution is 2.57. The zero-order chi connectivity index (χ0) is 10.6. The molecule has 3 rings (SSSR count). The molecule has 0 radical (unpaired) electrons. The Bertz CT molecular complexity index is 352. The van der Waals surface area contributed by atoms with Crippen LogP contribution in [-0.4, -0.2) is 5.78 Å². The van der Waals surface area contributed by atoms with Gasteiger partial charge in [0, 0.05) is 5.41 Å². The van der Waals surface area contributed by atoms with Gasteiger partial charge in [-0.2, -0.15) is 0 Å². The van der Waals surface area contributed by atoms with E-state index in [1.807, 2.05) is 0 Å². The Labute approximate surface area is 91.9 Å². The molecule has 1 saturated carbocycles. The fraction of sp³-hybridized carbons (Fsp3) is 0.786. The van der Waals surface area contributed by atoms with E-state index in [1.54, 1.807) is 5.57 Å². The fourth-order valence-electron chi connectivity index (χ4n) is 4.30. The summed E-state index contributed by atoms with van der Waals surface area (Å²) in [5, 5.41) is 0. The Morgan fingerprint density at radius 2 is 2.07 bits per heavy atom. The fourth-order valence-corrected chi connectivity index (χ4v) is 4.30. The number of carbonyl (C=O) groups is 1. The Balaban J connectivity index is 2.00. The Morgan fingerprint density at radius 3 is 2.87 bits per heavy atom. The van der Waals surface area contributed by atoms with Crippen LogP contribution in [0.4, 0.5) is 0 Å². The van der Waals surface area contributed by atoms with Crippen LogP contribution in [-0.2, 0) is 4.79 Å². The van der Waals surface area contributed by atoms with Gasteiger partial charge in [0.05, 0.1) is 0 Å². The van der Waals surface area contributed by atoms with Crippen molar-refractivity contribution in [1.29, 1.82) is 0 Å². The van der Waals surface area contributed by atoms with Gasteiger partial charge in [-0.15, -0.1) is 0 Å². The van der Waals surface area contributed by atoms with E-state index in [0.29, 0.717) is 11.7 Å². The number of ketones is 1. The maximum atomic E-state index is 12.4. The lowest BCUT2D eigenvalue weighted by molar-refractivity contribution is -0.127. The van der Waals surface area contributed by atoms with E-state index in [9.17, 15) is 4.79 Å². The van der Waals surface area contributed by atoms with Gasteiger partial charge in [0.1, 0.15) is 0 Å². The summed E-state index contributed by atoms with van der Waals surface area (Å²) in [5.41, 5.74) is 2.81. The van der Waals surface area contributed by atoms with Crippen molar-refractivity contribution in [2.45, 2.75) is 52.4 Å². The van der Waals surface area contributed by atoms with Crippen molar-refractivity contribution in [2.75, 3.05) is 0 Å². The first-order chi connectivity index (χ1) is 7.13. The number of fused-ring (bicyclic) bond motifs is 2. The first-order valence-corrected chi connectivity index (χ1v) is 6.39. The normalized spacial score (nSPS) is 44.5. The minimum Gasteiger partial charge on any atom is -0.294 e. The average molecular weight is 204 g/mol. The van der Waals surface area contributed by atoms with Gasteiger partial charge in [0.25, 0.3) is 0 Å². The largest absolute Gasteiger partial charge is 0.294 e. The van der Waals surface area contributed by atoms with E-state index < -0.39 is 0 Å². The van der Waals surface area contributed by atoms with Crippen molar-refractivity contribution in [3.8, 4) is 0 Å². The zero-order valence-electron chi connectivity index (χ0n) is 9.81. The van der Waals surface area contributed by atoms with Gasteiger partial charge in [0.2, 0.25) is 0 Å². The average Bonchev–Trinajstić information content (AvgIpc) is 2.70. The molecule has 0 aromatic rings. The maximum Gasteiger partial charge on any atom is 0.165 e. The van der Waals surface area contributed by atoms with Gasteiger partial charge >= 0.3 is 0 Å². The standard InChI is InChI=1S/C14H20O/c1-9-6-7-12-10-4-3-5-11(10)13(15)14(12,2)8-9/h9,12H,3-8H2,1-2H3/t9-,12+,14+/m0/s1. The number of hydrogen-bond acceptors (Lipinski definition) is 1. The lowest BCUT2D eigenvalue weighted by Crippen LogP contribution is -2.37. The van der Waals surface area contributed by atoms with Gasteiger partial charge in [-0.25, -0.2) is 0 Å². The van der Waals surface area contributed by atoms with Gasteiger partial charge in [-0.1, -0.05) is 25.8 Å². The first-order valence-electron chi connectivity index (χ1n) is 6.39. The minimum atomic E-state index is 0.00273. The smallest absolute Gasteiger partial charge is 0.165 e. The first kappa shape index (κ1) is 9.62. The molecule has 3 atom stereocenters. The zero-order valence-corrected chi connectivity index (χ0v) is 9.81. The Hall–Kier alpha value is -0.590. The van der Waals surface area contributed by atoms with Crippen LogP contribution >= 0.6 is 0 Å². The SMILES string of the molecule is C[C@H]1CC[C@@H]2C3=C(CCC3)C(=O)[C@]2(C)C1. The van der Waals surface area contributed by atoms with Crippen molar-refractivity contribution in [1.82, 2.24) is 0 Å². The molecule has 0 heterocycles. The summed E-state index contributed by atoms with van der Waals surface area (Å²) in [6.07, 6.45) is 7.25. The van der Waals surface area contributed by atoms with Crippen molar-refractivity contribution >= 4 is 5.78 Å². The predicted molar refractivity (Wildman–Crippen MR) is 60.5 cm³/mol. The van der Waals surface area contributed by atoms with E-state index in [4.69, 9.17) is 0 Å². The molecule has 1 nitrogen and oxygen atoms in total. The molecule has 0 unspecified atom stereocenters. The third-order valence-corrected chi connectivity index (χ3v) is 4.96. The molecule has 0 spiro atoms. The minimum absolute atomic E-state index is 0.00273. The second-order valence-corrected chi connectivity index (χ2v) is 6.04. The van der Waals surface area contributed by atoms with Crippen LogP contribution in [0.1, 0.15) is 52.4 Å². The number of allylic oxidation sites excluding steroid dienone is 2. The van der Waals surface area contributed by atoms with E-state index in [2.05, 4.69) is 13.8 Å². The topological polar surface area (TPSA) is 17.1 Å². The maximum absolute atomic E-state index is 12.4. The third-order valence-electron chi connectivity index (χ3n) is 4.96. The van der Waals surface area contributed by atoms with Crippen molar-refractivity contribution < 1.29 is 4.79 Å². The molecule has 0 aromatic carbocycles. The highest BCUT2D eigenvalue weighted by Gasteiger charge is 2.53. The molecular weight excluding hydrogens is 184 g/mol. The summed E-state index contributed by atoms with van der Waals surface area (Å²) in [6.45, 7) is 4.53. The summed E-state index contributed by atoms with van der Waals surface area (Å²) in [5.74, 6) is 1.89. The quantitative estimate of drug-likeness (QED) is 0.590. The second kappa shape index (κ2) is 2.96. The highest BCUT2D eigenvalue weighted by molar-refractivity contribution is 6.04. The molecule has 0 N–H and O–H groups in total. The van der Waals surface area contributed by atoms with Crippen LogP contribution in [0.2, 0.25) is 0 Å². The molecule has 3 aliphatic carbocycles. The predicted octanol–water partition coefficient (Wildman–Crippen LogP) is 3.49. The summed E-state index contributed by atoms with van der Waals surface area (Å²) < 4.78 is 0. The lowest BCUT2D eigenvalue weighted by atomic mass is 9.63. The third kappa shape index (κ3) is 1.12. The van der Waals surface area contributed by atoms with Crippen LogP contribution in [0.25, 0.3) is 0 Å². The molecule has 0 saturated heterocycles. The molecular formula is C14H20O. The number of Topliss-reactive ketones (excluding diaryl/α,β-unsaturated/α-hetero) is 1. The molecule has 15 heavy (non-hydrogen) atoms. The van der Waals surface area contributed by atoms with Crippen LogP contribution < -0.4 is 0 Å². The van der Waals surface area contributed by atoms with Gasteiger partial charge in [0.15, 0.2) is 5.78 Å². The lowest BCUT2D eigenvalue weighted by Gasteiger charge is -2.39. The molecule has 1 heteroatoms. The number of hydrogen-bond donors (Lipinski definition) is 0. The molecule has 0 amide bonds.